The standard InChI is InChI=1S/C13H27N3O/c1-11(2)16-12(14)15-10-13(8-9-17-3)6-4-5-7-13/h11H,4-10H2,1-3H3,(H3,14,15,16). The number of nitrogens with two attached hydrogens (primary N) is 1. The van der Waals surface area contributed by atoms with Crippen LogP contribution in [-0.2, 0) is 4.74 Å². The number of ether oxygens (including phenoxy) is 1. The Labute approximate surface area is 105 Å². The summed E-state index contributed by atoms with van der Waals surface area (Å²) in [6.45, 7) is 5.80. The summed E-state index contributed by atoms with van der Waals surface area (Å²) in [5.74, 6) is 0.573. The number of hydrogen-bond donors (Lipinski definition) is 2. The van der Waals surface area contributed by atoms with Crippen LogP contribution in [0, 0.1) is 5.41 Å². The van der Waals surface area contributed by atoms with Gasteiger partial charge in [-0.1, -0.05) is 12.8 Å². The minimum Gasteiger partial charge on any atom is -0.385 e. The van der Waals surface area contributed by atoms with Crippen LogP contribution in [0.1, 0.15) is 46.0 Å². The zero-order valence-corrected chi connectivity index (χ0v) is 11.5. The number of rotatable bonds is 6. The molecule has 4 heteroatoms. The SMILES string of the molecule is COCCC1(CN=C(N)NC(C)C)CCCC1. The molecule has 1 saturated carbocycles. The molecule has 0 heterocycles. The fourth-order valence-corrected chi connectivity index (χ4v) is 2.53. The summed E-state index contributed by atoms with van der Waals surface area (Å²) in [5, 5.41) is 3.14. The quantitative estimate of drug-likeness (QED) is 0.551. The number of nitrogens with one attached hydrogen (secondary N) is 1. The van der Waals surface area contributed by atoms with Gasteiger partial charge in [-0.15, -0.1) is 0 Å². The van der Waals surface area contributed by atoms with Gasteiger partial charge in [0.05, 0.1) is 0 Å². The van der Waals surface area contributed by atoms with Crippen molar-refractivity contribution in [2.45, 2.75) is 52.0 Å². The van der Waals surface area contributed by atoms with Crippen molar-refractivity contribution in [3.05, 3.63) is 0 Å². The summed E-state index contributed by atoms with van der Waals surface area (Å²) < 4.78 is 5.20. The maximum Gasteiger partial charge on any atom is 0.188 e. The third-order valence-electron chi connectivity index (χ3n) is 3.52. The fourth-order valence-electron chi connectivity index (χ4n) is 2.53. The van der Waals surface area contributed by atoms with E-state index >= 15 is 0 Å². The zero-order chi connectivity index (χ0) is 12.7. The number of nitrogens with zero attached hydrogens (tertiary/aromatic N) is 1. The van der Waals surface area contributed by atoms with Gasteiger partial charge in [0.25, 0.3) is 0 Å². The molecule has 1 aliphatic rings. The van der Waals surface area contributed by atoms with Crippen molar-refractivity contribution >= 4 is 5.96 Å². The van der Waals surface area contributed by atoms with Gasteiger partial charge in [0, 0.05) is 26.3 Å². The molecule has 0 saturated heterocycles. The summed E-state index contributed by atoms with van der Waals surface area (Å²) >= 11 is 0. The lowest BCUT2D eigenvalue weighted by Crippen LogP contribution is -2.38. The molecular weight excluding hydrogens is 214 g/mol. The van der Waals surface area contributed by atoms with Gasteiger partial charge in [0.15, 0.2) is 5.96 Å². The van der Waals surface area contributed by atoms with Crippen LogP contribution < -0.4 is 11.1 Å². The zero-order valence-electron chi connectivity index (χ0n) is 11.5. The Morgan fingerprint density at radius 3 is 2.59 bits per heavy atom. The molecule has 0 aromatic carbocycles. The first kappa shape index (κ1) is 14.3. The molecule has 100 valence electrons. The first-order chi connectivity index (χ1) is 8.08. The van der Waals surface area contributed by atoms with Gasteiger partial charge >= 0.3 is 0 Å². The summed E-state index contributed by atoms with van der Waals surface area (Å²) in [6.07, 6.45) is 6.25. The highest BCUT2D eigenvalue weighted by Crippen LogP contribution is 2.41. The van der Waals surface area contributed by atoms with E-state index < -0.39 is 0 Å². The lowest BCUT2D eigenvalue weighted by atomic mass is 9.83. The van der Waals surface area contributed by atoms with E-state index in [4.69, 9.17) is 10.5 Å². The summed E-state index contributed by atoms with van der Waals surface area (Å²) in [5.41, 5.74) is 6.18. The number of methoxy groups -OCH3 is 1. The molecule has 0 spiro atoms. The third kappa shape index (κ3) is 4.94. The van der Waals surface area contributed by atoms with Crippen molar-refractivity contribution in [2.24, 2.45) is 16.1 Å². The summed E-state index contributed by atoms with van der Waals surface area (Å²) in [7, 11) is 1.76. The molecule has 1 fully saturated rings. The van der Waals surface area contributed by atoms with Crippen molar-refractivity contribution in [3.63, 3.8) is 0 Å². The van der Waals surface area contributed by atoms with E-state index in [1.165, 1.54) is 25.7 Å². The van der Waals surface area contributed by atoms with Gasteiger partial charge in [-0.3, -0.25) is 4.99 Å². The van der Waals surface area contributed by atoms with Crippen molar-refractivity contribution < 1.29 is 4.74 Å². The molecule has 1 rings (SSSR count). The van der Waals surface area contributed by atoms with Crippen molar-refractivity contribution in [1.29, 1.82) is 0 Å². The van der Waals surface area contributed by atoms with E-state index in [2.05, 4.69) is 24.2 Å². The number of guanidine groups is 1. The van der Waals surface area contributed by atoms with Crippen LogP contribution in [0.4, 0.5) is 0 Å². The van der Waals surface area contributed by atoms with E-state index in [-0.39, 0.29) is 0 Å². The smallest absolute Gasteiger partial charge is 0.188 e. The lowest BCUT2D eigenvalue weighted by Gasteiger charge is -2.27. The van der Waals surface area contributed by atoms with Gasteiger partial charge < -0.3 is 15.8 Å². The van der Waals surface area contributed by atoms with Crippen molar-refractivity contribution in [1.82, 2.24) is 5.32 Å². The van der Waals surface area contributed by atoms with E-state index in [1.54, 1.807) is 7.11 Å². The monoisotopic (exact) mass is 241 g/mol. The Morgan fingerprint density at radius 1 is 1.41 bits per heavy atom. The number of hydrogen-bond acceptors (Lipinski definition) is 2. The molecule has 0 amide bonds. The Balaban J connectivity index is 2.49. The highest BCUT2D eigenvalue weighted by molar-refractivity contribution is 5.78. The van der Waals surface area contributed by atoms with Gasteiger partial charge in [-0.05, 0) is 38.5 Å². The molecule has 1 aliphatic carbocycles. The normalized spacial score (nSPS) is 19.9. The van der Waals surface area contributed by atoms with E-state index in [0.29, 0.717) is 17.4 Å². The van der Waals surface area contributed by atoms with Crippen LogP contribution in [0.2, 0.25) is 0 Å². The lowest BCUT2D eigenvalue weighted by molar-refractivity contribution is 0.141. The summed E-state index contributed by atoms with van der Waals surface area (Å²) in [6, 6.07) is 0.345. The topological polar surface area (TPSA) is 59.6 Å². The minimum atomic E-state index is 0.333. The molecule has 0 aromatic heterocycles. The molecule has 17 heavy (non-hydrogen) atoms. The molecule has 3 N–H and O–H groups in total. The van der Waals surface area contributed by atoms with Gasteiger partial charge in [0.1, 0.15) is 0 Å². The van der Waals surface area contributed by atoms with Crippen LogP contribution in [0.15, 0.2) is 4.99 Å². The average molecular weight is 241 g/mol. The highest BCUT2D eigenvalue weighted by atomic mass is 16.5. The Kier molecular flexibility index (Phi) is 5.75. The number of aliphatic imine (C=N–C) groups is 1. The third-order valence-corrected chi connectivity index (χ3v) is 3.52. The largest absolute Gasteiger partial charge is 0.385 e. The molecular formula is C13H27N3O. The second-order valence-corrected chi connectivity index (χ2v) is 5.45. The van der Waals surface area contributed by atoms with Crippen LogP contribution in [0.3, 0.4) is 0 Å². The Hall–Kier alpha value is -0.770. The van der Waals surface area contributed by atoms with E-state index in [1.807, 2.05) is 0 Å². The second-order valence-electron chi connectivity index (χ2n) is 5.45. The molecule has 0 radical (unpaired) electrons. The Bertz CT molecular complexity index is 245. The molecule has 0 aliphatic heterocycles. The molecule has 0 atom stereocenters. The van der Waals surface area contributed by atoms with Gasteiger partial charge in [-0.25, -0.2) is 0 Å². The summed E-state index contributed by atoms with van der Waals surface area (Å²) in [4.78, 5) is 4.50. The maximum atomic E-state index is 5.85. The van der Waals surface area contributed by atoms with Gasteiger partial charge in [-0.2, -0.15) is 0 Å². The molecule has 0 aromatic rings. The predicted octanol–water partition coefficient (Wildman–Crippen LogP) is 1.90. The van der Waals surface area contributed by atoms with Crippen molar-refractivity contribution in [2.75, 3.05) is 20.3 Å². The van der Waals surface area contributed by atoms with Crippen LogP contribution in [-0.4, -0.2) is 32.3 Å². The first-order valence-electron chi connectivity index (χ1n) is 6.63. The molecule has 0 bridgehead atoms. The average Bonchev–Trinajstić information content (AvgIpc) is 2.72. The van der Waals surface area contributed by atoms with Crippen molar-refractivity contribution in [3.8, 4) is 0 Å². The van der Waals surface area contributed by atoms with Crippen LogP contribution in [0.5, 0.6) is 0 Å². The second kappa shape index (κ2) is 6.84. The van der Waals surface area contributed by atoms with Crippen LogP contribution in [0.25, 0.3) is 0 Å². The van der Waals surface area contributed by atoms with Crippen LogP contribution >= 0.6 is 0 Å². The van der Waals surface area contributed by atoms with E-state index in [9.17, 15) is 0 Å². The fraction of sp³-hybridized carbons (Fsp3) is 0.923. The minimum absolute atomic E-state index is 0.333. The molecule has 0 unspecified atom stereocenters. The van der Waals surface area contributed by atoms with Gasteiger partial charge in [0.2, 0.25) is 0 Å². The predicted molar refractivity (Wildman–Crippen MR) is 72.2 cm³/mol. The first-order valence-corrected chi connectivity index (χ1v) is 6.63. The van der Waals surface area contributed by atoms with E-state index in [0.717, 1.165) is 19.6 Å². The Morgan fingerprint density at radius 2 is 2.06 bits per heavy atom. The highest BCUT2D eigenvalue weighted by Gasteiger charge is 2.33. The maximum absolute atomic E-state index is 5.85. The molecule has 4 nitrogen and oxygen atoms in total.